The first-order valence-electron chi connectivity index (χ1n) is 7.19. The molecule has 3 amide bonds. The van der Waals surface area contributed by atoms with E-state index in [2.05, 4.69) is 0 Å². The fourth-order valence-electron chi connectivity index (χ4n) is 2.52. The second-order valence-electron chi connectivity index (χ2n) is 5.31. The molecule has 1 aliphatic rings. The van der Waals surface area contributed by atoms with Crippen LogP contribution in [0.4, 0.5) is 16.2 Å². The van der Waals surface area contributed by atoms with Crippen LogP contribution in [0.15, 0.2) is 48.5 Å². The molecule has 8 heteroatoms. The van der Waals surface area contributed by atoms with E-state index < -0.39 is 23.9 Å². The van der Waals surface area contributed by atoms with Crippen molar-refractivity contribution in [2.45, 2.75) is 0 Å². The Morgan fingerprint density at radius 3 is 2.08 bits per heavy atom. The Morgan fingerprint density at radius 2 is 1.48 bits per heavy atom. The summed E-state index contributed by atoms with van der Waals surface area (Å²) in [5.74, 6) is -2.74. The average Bonchev–Trinajstić information content (AvgIpc) is 2.89. The van der Waals surface area contributed by atoms with Gasteiger partial charge in [-0.15, -0.1) is 0 Å². The number of anilines is 2. The van der Waals surface area contributed by atoms with Gasteiger partial charge in [-0.3, -0.25) is 9.69 Å². The molecule has 0 spiro atoms. The van der Waals surface area contributed by atoms with Crippen molar-refractivity contribution in [2.24, 2.45) is 0 Å². The van der Waals surface area contributed by atoms with Gasteiger partial charge >= 0.3 is 18.0 Å². The van der Waals surface area contributed by atoms with Gasteiger partial charge in [-0.05, 0) is 42.5 Å². The Kier molecular flexibility index (Phi) is 3.94. The van der Waals surface area contributed by atoms with Gasteiger partial charge in [0.1, 0.15) is 6.54 Å². The Bertz CT molecular complexity index is 890. The molecule has 2 aromatic rings. The molecule has 0 aromatic heterocycles. The maximum atomic E-state index is 12.6. The van der Waals surface area contributed by atoms with Gasteiger partial charge in [0.15, 0.2) is 0 Å². The van der Waals surface area contributed by atoms with Crippen molar-refractivity contribution >= 4 is 35.3 Å². The fraction of sp³-hybridized carbons (Fsp3) is 0.0588. The monoisotopic (exact) mass is 340 g/mol. The molecule has 3 rings (SSSR count). The van der Waals surface area contributed by atoms with Crippen molar-refractivity contribution < 1.29 is 29.4 Å². The number of hydrogen-bond acceptors (Lipinski definition) is 4. The predicted octanol–water partition coefficient (Wildman–Crippen LogP) is 2.06. The summed E-state index contributed by atoms with van der Waals surface area (Å²) in [6, 6.07) is 10.4. The van der Waals surface area contributed by atoms with Crippen LogP contribution in [0.25, 0.3) is 0 Å². The summed E-state index contributed by atoms with van der Waals surface area (Å²) < 4.78 is 0. The quantitative estimate of drug-likeness (QED) is 0.823. The third-order valence-electron chi connectivity index (χ3n) is 3.74. The highest BCUT2D eigenvalue weighted by atomic mass is 16.4. The maximum absolute atomic E-state index is 12.6. The summed E-state index contributed by atoms with van der Waals surface area (Å²) in [4.78, 5) is 48.9. The highest BCUT2D eigenvalue weighted by Gasteiger charge is 2.38. The van der Waals surface area contributed by atoms with E-state index in [0.29, 0.717) is 5.69 Å². The smallest absolute Gasteiger partial charge is 0.336 e. The molecule has 1 fully saturated rings. The molecule has 1 heterocycles. The minimum atomic E-state index is -1.14. The van der Waals surface area contributed by atoms with Crippen molar-refractivity contribution in [3.63, 3.8) is 0 Å². The number of urea groups is 1. The van der Waals surface area contributed by atoms with Crippen LogP contribution < -0.4 is 9.80 Å². The Hall–Kier alpha value is -3.68. The van der Waals surface area contributed by atoms with Crippen molar-refractivity contribution in [1.82, 2.24) is 0 Å². The van der Waals surface area contributed by atoms with Gasteiger partial charge in [0, 0.05) is 5.69 Å². The third kappa shape index (κ3) is 2.92. The minimum absolute atomic E-state index is 0.00186. The molecule has 1 saturated heterocycles. The van der Waals surface area contributed by atoms with Crippen LogP contribution in [0.5, 0.6) is 0 Å². The molecule has 8 nitrogen and oxygen atoms in total. The summed E-state index contributed by atoms with van der Waals surface area (Å²) >= 11 is 0. The number of benzene rings is 2. The molecule has 0 saturated carbocycles. The second-order valence-corrected chi connectivity index (χ2v) is 5.31. The number of aromatic carboxylic acids is 2. The van der Waals surface area contributed by atoms with E-state index in [0.717, 1.165) is 4.90 Å². The Morgan fingerprint density at radius 1 is 0.840 bits per heavy atom. The van der Waals surface area contributed by atoms with E-state index in [4.69, 9.17) is 10.2 Å². The number of nitrogens with zero attached hydrogens (tertiary/aromatic N) is 2. The number of amides is 3. The number of imide groups is 1. The van der Waals surface area contributed by atoms with Crippen molar-refractivity contribution in [2.75, 3.05) is 16.3 Å². The molecule has 2 aromatic carbocycles. The van der Waals surface area contributed by atoms with Crippen LogP contribution in [0.2, 0.25) is 0 Å². The van der Waals surface area contributed by atoms with Gasteiger partial charge in [-0.25, -0.2) is 19.3 Å². The predicted molar refractivity (Wildman–Crippen MR) is 87.0 cm³/mol. The lowest BCUT2D eigenvalue weighted by Gasteiger charge is -2.17. The van der Waals surface area contributed by atoms with Crippen LogP contribution in [-0.2, 0) is 4.79 Å². The number of rotatable bonds is 4. The van der Waals surface area contributed by atoms with Crippen LogP contribution >= 0.6 is 0 Å². The standard InChI is InChI=1S/C17H12N2O6/c20-14-9-18(13-3-1-2-11(8-13)16(23)24)17(25)19(14)12-6-4-10(5-7-12)15(21)22/h1-8H,9H2,(H,21,22)(H,23,24). The number of carboxylic acid groups (broad SMARTS) is 2. The Balaban J connectivity index is 1.91. The summed E-state index contributed by atoms with van der Waals surface area (Å²) in [6.45, 7) is -0.234. The summed E-state index contributed by atoms with van der Waals surface area (Å²) in [5.41, 5.74) is 0.579. The number of carboxylic acids is 2. The van der Waals surface area contributed by atoms with Gasteiger partial charge < -0.3 is 10.2 Å². The maximum Gasteiger partial charge on any atom is 0.336 e. The first-order valence-corrected chi connectivity index (χ1v) is 7.19. The Labute approximate surface area is 141 Å². The van der Waals surface area contributed by atoms with Gasteiger partial charge in [0.25, 0.3) is 5.91 Å². The van der Waals surface area contributed by atoms with Crippen molar-refractivity contribution in [3.05, 3.63) is 59.7 Å². The van der Waals surface area contributed by atoms with Gasteiger partial charge in [-0.1, -0.05) is 6.07 Å². The molecule has 1 aliphatic heterocycles. The lowest BCUT2D eigenvalue weighted by atomic mass is 10.2. The SMILES string of the molecule is O=C(O)c1ccc(N2C(=O)CN(c3cccc(C(=O)O)c3)C2=O)cc1. The van der Waals surface area contributed by atoms with E-state index in [1.54, 1.807) is 0 Å². The molecule has 0 unspecified atom stereocenters. The minimum Gasteiger partial charge on any atom is -0.478 e. The first-order chi connectivity index (χ1) is 11.9. The summed E-state index contributed by atoms with van der Waals surface area (Å²) in [6.07, 6.45) is 0. The average molecular weight is 340 g/mol. The highest BCUT2D eigenvalue weighted by molar-refractivity contribution is 6.27. The lowest BCUT2D eigenvalue weighted by Crippen LogP contribution is -2.33. The molecule has 0 aliphatic carbocycles. The third-order valence-corrected chi connectivity index (χ3v) is 3.74. The largest absolute Gasteiger partial charge is 0.478 e. The molecule has 0 atom stereocenters. The zero-order valence-electron chi connectivity index (χ0n) is 12.7. The lowest BCUT2D eigenvalue weighted by molar-refractivity contribution is -0.115. The molecule has 2 N–H and O–H groups in total. The molecule has 0 bridgehead atoms. The van der Waals surface area contributed by atoms with Gasteiger partial charge in [-0.2, -0.15) is 0 Å². The van der Waals surface area contributed by atoms with Gasteiger partial charge in [0.05, 0.1) is 16.8 Å². The van der Waals surface area contributed by atoms with Crippen molar-refractivity contribution in [3.8, 4) is 0 Å². The number of carbonyl (C=O) groups excluding carboxylic acids is 2. The summed E-state index contributed by atoms with van der Waals surface area (Å²) in [5, 5.41) is 17.9. The topological polar surface area (TPSA) is 115 Å². The fourth-order valence-corrected chi connectivity index (χ4v) is 2.52. The van der Waals surface area contributed by atoms with E-state index in [-0.39, 0.29) is 23.4 Å². The van der Waals surface area contributed by atoms with Crippen molar-refractivity contribution in [1.29, 1.82) is 0 Å². The zero-order chi connectivity index (χ0) is 18.1. The van der Waals surface area contributed by atoms with Crippen LogP contribution in [0, 0.1) is 0 Å². The summed E-state index contributed by atoms with van der Waals surface area (Å²) in [7, 11) is 0. The molecule has 126 valence electrons. The zero-order valence-corrected chi connectivity index (χ0v) is 12.7. The molecule has 25 heavy (non-hydrogen) atoms. The molecular formula is C17H12N2O6. The first kappa shape index (κ1) is 16.2. The van der Waals surface area contributed by atoms with E-state index in [9.17, 15) is 19.2 Å². The van der Waals surface area contributed by atoms with E-state index in [1.165, 1.54) is 53.4 Å². The number of hydrogen-bond donors (Lipinski definition) is 2. The molecule has 0 radical (unpaired) electrons. The second kappa shape index (κ2) is 6.08. The van der Waals surface area contributed by atoms with Crippen LogP contribution in [0.1, 0.15) is 20.7 Å². The van der Waals surface area contributed by atoms with Crippen LogP contribution in [0.3, 0.4) is 0 Å². The highest BCUT2D eigenvalue weighted by Crippen LogP contribution is 2.27. The van der Waals surface area contributed by atoms with Crippen LogP contribution in [-0.4, -0.2) is 40.6 Å². The number of carbonyl (C=O) groups is 4. The van der Waals surface area contributed by atoms with E-state index in [1.807, 2.05) is 0 Å². The van der Waals surface area contributed by atoms with E-state index >= 15 is 0 Å². The molecular weight excluding hydrogens is 328 g/mol. The van der Waals surface area contributed by atoms with Gasteiger partial charge in [0.2, 0.25) is 0 Å². The normalized spacial score (nSPS) is 14.1.